The highest BCUT2D eigenvalue weighted by Gasteiger charge is 2.27. The number of nitrogens with one attached hydrogen (secondary N) is 1. The lowest BCUT2D eigenvalue weighted by molar-refractivity contribution is 0.313. The van der Waals surface area contributed by atoms with Gasteiger partial charge in [0.25, 0.3) is 0 Å². The monoisotopic (exact) mass is 147 g/mol. The molecular weight excluding hydrogens is 134 g/mol. The first-order chi connectivity index (χ1) is 3.95. The second kappa shape index (κ2) is 2.89. The molecule has 1 aliphatic heterocycles. The fourth-order valence-electron chi connectivity index (χ4n) is 1.34. The summed E-state index contributed by atoms with van der Waals surface area (Å²) in [4.78, 5) is 0. The van der Waals surface area contributed by atoms with E-state index in [1.807, 2.05) is 0 Å². The first-order valence-corrected chi connectivity index (χ1v) is 3.66. The van der Waals surface area contributed by atoms with Crippen LogP contribution in [0.15, 0.2) is 0 Å². The lowest BCUT2D eigenvalue weighted by Gasteiger charge is -2.26. The van der Waals surface area contributed by atoms with Crippen molar-refractivity contribution in [2.24, 2.45) is 11.8 Å². The topological polar surface area (TPSA) is 12.0 Å². The van der Waals surface area contributed by atoms with E-state index in [0.717, 1.165) is 11.8 Å². The predicted octanol–water partition coefficient (Wildman–Crippen LogP) is 1.43. The highest BCUT2D eigenvalue weighted by atomic mass is 35.5. The summed E-state index contributed by atoms with van der Waals surface area (Å²) < 4.78 is 0. The molecule has 1 N–H and O–H groups in total. The third-order valence-electron chi connectivity index (χ3n) is 2.23. The summed E-state index contributed by atoms with van der Waals surface area (Å²) >= 11 is 0. The van der Waals surface area contributed by atoms with Gasteiger partial charge in [-0.05, 0) is 31.3 Å². The van der Waals surface area contributed by atoms with E-state index in [2.05, 4.69) is 5.32 Å². The Labute approximate surface area is 62.6 Å². The van der Waals surface area contributed by atoms with E-state index in [9.17, 15) is 0 Å². The minimum atomic E-state index is 0. The maximum absolute atomic E-state index is 3.29. The molecule has 1 saturated carbocycles. The van der Waals surface area contributed by atoms with Gasteiger partial charge in [0.1, 0.15) is 0 Å². The molecule has 0 aromatic carbocycles. The molecule has 0 amide bonds. The fourth-order valence-corrected chi connectivity index (χ4v) is 1.34. The first kappa shape index (κ1) is 7.36. The van der Waals surface area contributed by atoms with Crippen LogP contribution >= 0.6 is 12.4 Å². The summed E-state index contributed by atoms with van der Waals surface area (Å²) in [6.45, 7) is 2.60. The van der Waals surface area contributed by atoms with Crippen molar-refractivity contribution in [3.8, 4) is 0 Å². The van der Waals surface area contributed by atoms with Gasteiger partial charge in [-0.15, -0.1) is 12.4 Å². The van der Waals surface area contributed by atoms with E-state index >= 15 is 0 Å². The van der Waals surface area contributed by atoms with Crippen molar-refractivity contribution in [1.29, 1.82) is 0 Å². The van der Waals surface area contributed by atoms with Gasteiger partial charge < -0.3 is 5.32 Å². The van der Waals surface area contributed by atoms with E-state index < -0.39 is 0 Å². The van der Waals surface area contributed by atoms with Crippen molar-refractivity contribution in [2.75, 3.05) is 13.1 Å². The molecule has 0 atom stereocenters. The maximum Gasteiger partial charge on any atom is -0.000815 e. The van der Waals surface area contributed by atoms with Gasteiger partial charge in [-0.2, -0.15) is 0 Å². The molecule has 2 rings (SSSR count). The Bertz CT molecular complexity index is 86.9. The molecule has 0 bridgehead atoms. The van der Waals surface area contributed by atoms with Gasteiger partial charge >= 0.3 is 0 Å². The second-order valence-corrected chi connectivity index (χ2v) is 3.20. The molecule has 54 valence electrons. The normalized spacial score (nSPS) is 26.7. The van der Waals surface area contributed by atoms with Crippen LogP contribution in [0, 0.1) is 11.8 Å². The Balaban J connectivity index is 0.000000405. The molecule has 1 saturated heterocycles. The Kier molecular flexibility index (Phi) is 2.36. The minimum absolute atomic E-state index is 0. The lowest BCUT2D eigenvalue weighted by atomic mass is 9.97. The molecule has 1 heterocycles. The number of hydrogen-bond acceptors (Lipinski definition) is 1. The van der Waals surface area contributed by atoms with E-state index in [0.29, 0.717) is 0 Å². The largest absolute Gasteiger partial charge is 0.316 e. The van der Waals surface area contributed by atoms with E-state index in [1.54, 1.807) is 0 Å². The first-order valence-electron chi connectivity index (χ1n) is 3.66. The molecule has 0 aromatic heterocycles. The summed E-state index contributed by atoms with van der Waals surface area (Å²) in [5.41, 5.74) is 0. The zero-order chi connectivity index (χ0) is 5.40. The van der Waals surface area contributed by atoms with Crippen molar-refractivity contribution in [3.63, 3.8) is 0 Å². The van der Waals surface area contributed by atoms with Crippen LogP contribution < -0.4 is 5.32 Å². The van der Waals surface area contributed by atoms with E-state index in [-0.39, 0.29) is 12.4 Å². The van der Waals surface area contributed by atoms with Crippen molar-refractivity contribution in [1.82, 2.24) is 5.32 Å². The van der Waals surface area contributed by atoms with E-state index in [1.165, 1.54) is 32.4 Å². The third-order valence-corrected chi connectivity index (χ3v) is 2.23. The third kappa shape index (κ3) is 1.84. The minimum Gasteiger partial charge on any atom is -0.316 e. The van der Waals surface area contributed by atoms with Crippen LogP contribution in [0.25, 0.3) is 0 Å². The van der Waals surface area contributed by atoms with Crippen LogP contribution in [0.5, 0.6) is 0 Å². The average Bonchev–Trinajstić information content (AvgIpc) is 2.36. The molecule has 1 nitrogen and oxygen atoms in total. The average molecular weight is 148 g/mol. The van der Waals surface area contributed by atoms with Crippen LogP contribution in [0.4, 0.5) is 0 Å². The standard InChI is InChI=1S/C7H13N.ClH/c1-2-6(1)3-7-4-8-5-7;/h6-8H,1-5H2;1H. The Hall–Kier alpha value is 0.250. The van der Waals surface area contributed by atoms with E-state index in [4.69, 9.17) is 0 Å². The number of halogens is 1. The van der Waals surface area contributed by atoms with Crippen LogP contribution in [0.3, 0.4) is 0 Å². The van der Waals surface area contributed by atoms with Gasteiger partial charge in [0.05, 0.1) is 0 Å². The van der Waals surface area contributed by atoms with Gasteiger partial charge in [-0.1, -0.05) is 12.8 Å². The van der Waals surface area contributed by atoms with Crippen molar-refractivity contribution < 1.29 is 0 Å². The molecule has 2 heteroatoms. The van der Waals surface area contributed by atoms with Crippen molar-refractivity contribution in [3.05, 3.63) is 0 Å². The summed E-state index contributed by atoms with van der Waals surface area (Å²) in [5, 5.41) is 3.29. The molecule has 0 spiro atoms. The SMILES string of the molecule is C1CC1CC1CNC1.Cl. The van der Waals surface area contributed by atoms with Crippen molar-refractivity contribution >= 4 is 12.4 Å². The summed E-state index contributed by atoms with van der Waals surface area (Å²) in [6, 6.07) is 0. The zero-order valence-corrected chi connectivity index (χ0v) is 6.41. The molecule has 2 fully saturated rings. The lowest BCUT2D eigenvalue weighted by Crippen LogP contribution is -2.42. The second-order valence-electron chi connectivity index (χ2n) is 3.20. The summed E-state index contributed by atoms with van der Waals surface area (Å²) in [7, 11) is 0. The predicted molar refractivity (Wildman–Crippen MR) is 40.9 cm³/mol. The van der Waals surface area contributed by atoms with Crippen LogP contribution in [0.1, 0.15) is 19.3 Å². The maximum atomic E-state index is 3.29. The fraction of sp³-hybridized carbons (Fsp3) is 1.00. The molecule has 0 radical (unpaired) electrons. The number of rotatable bonds is 2. The quantitative estimate of drug-likeness (QED) is 0.623. The Morgan fingerprint density at radius 1 is 1.11 bits per heavy atom. The Morgan fingerprint density at radius 2 is 1.78 bits per heavy atom. The zero-order valence-electron chi connectivity index (χ0n) is 5.60. The highest BCUT2D eigenvalue weighted by molar-refractivity contribution is 5.85. The van der Waals surface area contributed by atoms with Gasteiger partial charge in [-0.3, -0.25) is 0 Å². The molecule has 0 unspecified atom stereocenters. The van der Waals surface area contributed by atoms with Crippen LogP contribution in [0.2, 0.25) is 0 Å². The van der Waals surface area contributed by atoms with Gasteiger partial charge in [0.2, 0.25) is 0 Å². The van der Waals surface area contributed by atoms with Crippen LogP contribution in [-0.2, 0) is 0 Å². The Morgan fingerprint density at radius 3 is 2.11 bits per heavy atom. The van der Waals surface area contributed by atoms with Crippen molar-refractivity contribution in [2.45, 2.75) is 19.3 Å². The van der Waals surface area contributed by atoms with Gasteiger partial charge in [0.15, 0.2) is 0 Å². The summed E-state index contributed by atoms with van der Waals surface area (Å²) in [6.07, 6.45) is 4.57. The molecule has 1 aliphatic carbocycles. The molecule has 0 aromatic rings. The number of hydrogen-bond donors (Lipinski definition) is 1. The van der Waals surface area contributed by atoms with Gasteiger partial charge in [0, 0.05) is 0 Å². The molecule has 9 heavy (non-hydrogen) atoms. The molecular formula is C7H14ClN. The van der Waals surface area contributed by atoms with Crippen LogP contribution in [-0.4, -0.2) is 13.1 Å². The molecule has 2 aliphatic rings. The smallest absolute Gasteiger partial charge is 0.000815 e. The highest BCUT2D eigenvalue weighted by Crippen LogP contribution is 2.35. The summed E-state index contributed by atoms with van der Waals surface area (Å²) in [5.74, 6) is 2.20. The van der Waals surface area contributed by atoms with Gasteiger partial charge in [-0.25, -0.2) is 0 Å².